The van der Waals surface area contributed by atoms with E-state index in [2.05, 4.69) is 5.32 Å². The SMILES string of the molecule is COc1ccc(CN2C(=S)N[C@H]3c4cc(Cl)cc(Cl)c4O[C@@]2(C)[C@H]3C(=O)N(C)C)cc1. The molecule has 164 valence electrons. The molecule has 2 aromatic carbocycles. The number of nitrogens with one attached hydrogen (secondary N) is 1. The van der Waals surface area contributed by atoms with E-state index in [0.29, 0.717) is 27.5 Å². The topological polar surface area (TPSA) is 54.0 Å². The summed E-state index contributed by atoms with van der Waals surface area (Å²) in [4.78, 5) is 16.8. The first-order valence-electron chi connectivity index (χ1n) is 9.76. The van der Waals surface area contributed by atoms with Gasteiger partial charge in [-0.3, -0.25) is 4.79 Å². The molecule has 3 atom stereocenters. The maximum atomic E-state index is 13.3. The molecule has 6 nitrogen and oxygen atoms in total. The summed E-state index contributed by atoms with van der Waals surface area (Å²) in [6, 6.07) is 10.7. The average molecular weight is 480 g/mol. The number of methoxy groups -OCH3 is 1. The second-order valence-corrected chi connectivity index (χ2v) is 9.26. The second-order valence-electron chi connectivity index (χ2n) is 8.03. The van der Waals surface area contributed by atoms with E-state index in [-0.39, 0.29) is 5.91 Å². The fraction of sp³-hybridized carbons (Fsp3) is 0.364. The minimum absolute atomic E-state index is 0.0796. The summed E-state index contributed by atoms with van der Waals surface area (Å²) in [5.74, 6) is 0.621. The summed E-state index contributed by atoms with van der Waals surface area (Å²) >= 11 is 18.5. The standard InChI is InChI=1S/C22H23Cl2N3O3S/c1-22-17(20(28)26(2)3)18(15-9-13(23)10-16(24)19(15)30-22)25-21(31)27(22)11-12-5-7-14(29-4)8-6-12/h5-10,17-18H,11H2,1-4H3,(H,25,31)/t17-,18+,22+/m1/s1. The Hall–Kier alpha value is -2.22. The molecular weight excluding hydrogens is 457 g/mol. The fourth-order valence-electron chi connectivity index (χ4n) is 4.27. The summed E-state index contributed by atoms with van der Waals surface area (Å²) in [7, 11) is 5.09. The highest BCUT2D eigenvalue weighted by molar-refractivity contribution is 7.80. The Labute approximate surface area is 197 Å². The second kappa shape index (κ2) is 8.04. The third-order valence-electron chi connectivity index (χ3n) is 5.86. The lowest BCUT2D eigenvalue weighted by atomic mass is 9.78. The predicted molar refractivity (Wildman–Crippen MR) is 125 cm³/mol. The Bertz CT molecular complexity index is 1050. The van der Waals surface area contributed by atoms with E-state index in [1.54, 1.807) is 38.2 Å². The maximum absolute atomic E-state index is 13.3. The van der Waals surface area contributed by atoms with Crippen molar-refractivity contribution in [3.8, 4) is 11.5 Å². The first-order chi connectivity index (χ1) is 14.7. The van der Waals surface area contributed by atoms with Gasteiger partial charge in [-0.15, -0.1) is 0 Å². The number of thiocarbonyl (C=S) groups is 1. The summed E-state index contributed by atoms with van der Waals surface area (Å²) in [5.41, 5.74) is 0.664. The zero-order valence-electron chi connectivity index (χ0n) is 17.6. The van der Waals surface area contributed by atoms with Gasteiger partial charge in [0, 0.05) is 31.2 Å². The molecule has 2 bridgehead atoms. The van der Waals surface area contributed by atoms with E-state index in [9.17, 15) is 4.79 Å². The molecule has 1 fully saturated rings. The van der Waals surface area contributed by atoms with Gasteiger partial charge in [-0.2, -0.15) is 0 Å². The van der Waals surface area contributed by atoms with Gasteiger partial charge in [-0.25, -0.2) is 0 Å². The number of hydrogen-bond acceptors (Lipinski definition) is 4. The van der Waals surface area contributed by atoms with Crippen molar-refractivity contribution in [2.24, 2.45) is 5.92 Å². The molecule has 0 aromatic heterocycles. The van der Waals surface area contributed by atoms with Crippen LogP contribution in [-0.4, -0.2) is 47.7 Å². The van der Waals surface area contributed by atoms with Crippen LogP contribution in [0.25, 0.3) is 0 Å². The number of amides is 1. The van der Waals surface area contributed by atoms with Crippen LogP contribution in [0.15, 0.2) is 36.4 Å². The summed E-state index contributed by atoms with van der Waals surface area (Å²) in [6.45, 7) is 2.33. The van der Waals surface area contributed by atoms with Gasteiger partial charge in [0.1, 0.15) is 17.4 Å². The van der Waals surface area contributed by atoms with E-state index < -0.39 is 17.7 Å². The molecule has 0 radical (unpaired) electrons. The minimum Gasteiger partial charge on any atom is -0.497 e. The molecular formula is C22H23Cl2N3O3S. The van der Waals surface area contributed by atoms with Crippen LogP contribution in [0.2, 0.25) is 10.0 Å². The third kappa shape index (κ3) is 3.69. The van der Waals surface area contributed by atoms with Crippen LogP contribution < -0.4 is 14.8 Å². The Balaban J connectivity index is 1.82. The van der Waals surface area contributed by atoms with Crippen LogP contribution in [0.1, 0.15) is 24.1 Å². The molecule has 0 unspecified atom stereocenters. The molecule has 0 aliphatic carbocycles. The normalized spacial score (nSPS) is 24.1. The summed E-state index contributed by atoms with van der Waals surface area (Å²) < 4.78 is 11.7. The van der Waals surface area contributed by atoms with Gasteiger partial charge in [0.05, 0.1) is 18.2 Å². The molecule has 0 spiro atoms. The van der Waals surface area contributed by atoms with E-state index in [1.807, 2.05) is 36.1 Å². The predicted octanol–water partition coefficient (Wildman–Crippen LogP) is 4.25. The third-order valence-corrected chi connectivity index (χ3v) is 6.70. The number of rotatable bonds is 4. The van der Waals surface area contributed by atoms with Crippen LogP contribution in [0.4, 0.5) is 0 Å². The van der Waals surface area contributed by atoms with Crippen molar-refractivity contribution in [3.05, 3.63) is 57.6 Å². The van der Waals surface area contributed by atoms with Crippen molar-refractivity contribution in [2.45, 2.75) is 25.2 Å². The molecule has 1 amide bonds. The van der Waals surface area contributed by atoms with Gasteiger partial charge in [-0.05, 0) is 49.0 Å². The largest absolute Gasteiger partial charge is 0.497 e. The number of carbonyl (C=O) groups excluding carboxylic acids is 1. The molecule has 2 aliphatic heterocycles. The highest BCUT2D eigenvalue weighted by atomic mass is 35.5. The van der Waals surface area contributed by atoms with Crippen LogP contribution in [0, 0.1) is 5.92 Å². The minimum atomic E-state index is -1.06. The highest BCUT2D eigenvalue weighted by Gasteiger charge is 2.59. The Kier molecular flexibility index (Phi) is 5.70. The molecule has 4 rings (SSSR count). The van der Waals surface area contributed by atoms with Crippen molar-refractivity contribution >= 4 is 46.4 Å². The average Bonchev–Trinajstić information content (AvgIpc) is 2.72. The maximum Gasteiger partial charge on any atom is 0.233 e. The lowest BCUT2D eigenvalue weighted by Crippen LogP contribution is -2.71. The van der Waals surface area contributed by atoms with Crippen molar-refractivity contribution < 1.29 is 14.3 Å². The monoisotopic (exact) mass is 479 g/mol. The molecule has 9 heteroatoms. The molecule has 1 N–H and O–H groups in total. The van der Waals surface area contributed by atoms with Crippen molar-refractivity contribution in [3.63, 3.8) is 0 Å². The van der Waals surface area contributed by atoms with Gasteiger partial charge >= 0.3 is 0 Å². The molecule has 2 aliphatic rings. The molecule has 2 aromatic rings. The number of nitrogens with zero attached hydrogens (tertiary/aromatic N) is 2. The quantitative estimate of drug-likeness (QED) is 0.661. The lowest BCUT2D eigenvalue weighted by Gasteiger charge is -2.56. The van der Waals surface area contributed by atoms with Crippen molar-refractivity contribution in [1.29, 1.82) is 0 Å². The Morgan fingerprint density at radius 1 is 1.29 bits per heavy atom. The van der Waals surface area contributed by atoms with Gasteiger partial charge < -0.3 is 24.6 Å². The molecule has 0 saturated carbocycles. The lowest BCUT2D eigenvalue weighted by molar-refractivity contribution is -0.162. The van der Waals surface area contributed by atoms with Crippen LogP contribution in [0.3, 0.4) is 0 Å². The number of halogens is 2. The Morgan fingerprint density at radius 3 is 2.58 bits per heavy atom. The molecule has 31 heavy (non-hydrogen) atoms. The smallest absolute Gasteiger partial charge is 0.233 e. The zero-order chi connectivity index (χ0) is 22.5. The van der Waals surface area contributed by atoms with E-state index in [0.717, 1.165) is 16.9 Å². The zero-order valence-corrected chi connectivity index (χ0v) is 19.9. The van der Waals surface area contributed by atoms with Gasteiger partial charge in [0.2, 0.25) is 5.91 Å². The van der Waals surface area contributed by atoms with Crippen LogP contribution >= 0.6 is 35.4 Å². The van der Waals surface area contributed by atoms with Crippen LogP contribution in [0.5, 0.6) is 11.5 Å². The van der Waals surface area contributed by atoms with Crippen LogP contribution in [-0.2, 0) is 11.3 Å². The van der Waals surface area contributed by atoms with E-state index in [1.165, 1.54) is 0 Å². The highest BCUT2D eigenvalue weighted by Crippen LogP contribution is 2.52. The van der Waals surface area contributed by atoms with Crippen molar-refractivity contribution in [2.75, 3.05) is 21.2 Å². The first-order valence-corrected chi connectivity index (χ1v) is 10.9. The Morgan fingerprint density at radius 2 is 1.97 bits per heavy atom. The summed E-state index contributed by atoms with van der Waals surface area (Å²) in [5, 5.41) is 4.71. The summed E-state index contributed by atoms with van der Waals surface area (Å²) in [6.07, 6.45) is 0. The fourth-order valence-corrected chi connectivity index (χ4v) is 5.19. The number of benzene rings is 2. The molecule has 2 heterocycles. The first kappa shape index (κ1) is 22.0. The van der Waals surface area contributed by atoms with Gasteiger partial charge in [0.25, 0.3) is 0 Å². The van der Waals surface area contributed by atoms with Gasteiger partial charge in [-0.1, -0.05) is 35.3 Å². The number of fused-ring (bicyclic) bond motifs is 4. The van der Waals surface area contributed by atoms with E-state index in [4.69, 9.17) is 44.9 Å². The molecule has 1 saturated heterocycles. The van der Waals surface area contributed by atoms with Crippen molar-refractivity contribution in [1.82, 2.24) is 15.1 Å². The van der Waals surface area contributed by atoms with E-state index >= 15 is 0 Å². The number of carbonyl (C=O) groups is 1. The number of hydrogen-bond donors (Lipinski definition) is 1. The number of ether oxygens (including phenoxy) is 2. The van der Waals surface area contributed by atoms with Gasteiger partial charge in [0.15, 0.2) is 10.8 Å².